The van der Waals surface area contributed by atoms with E-state index in [0.29, 0.717) is 0 Å². The maximum atomic E-state index is 12.0. The number of carbonyl (C=O) groups excluding carboxylic acids is 2. The van der Waals surface area contributed by atoms with Gasteiger partial charge >= 0.3 is 5.97 Å². The lowest BCUT2D eigenvalue weighted by molar-refractivity contribution is -0.148. The summed E-state index contributed by atoms with van der Waals surface area (Å²) in [7, 11) is 1.40. The number of hydrogen-bond donors (Lipinski definition) is 1. The second-order valence-corrected chi connectivity index (χ2v) is 5.79. The van der Waals surface area contributed by atoms with Gasteiger partial charge in [-0.15, -0.1) is 0 Å². The van der Waals surface area contributed by atoms with Gasteiger partial charge in [0.25, 0.3) is 0 Å². The molecule has 110 valence electrons. The molecule has 1 amide bonds. The highest BCUT2D eigenvalue weighted by Gasteiger charge is 2.31. The van der Waals surface area contributed by atoms with Crippen LogP contribution in [0.15, 0.2) is 0 Å². The number of nitrogens with zero attached hydrogens (tertiary/aromatic N) is 1. The maximum Gasteiger partial charge on any atom is 0.323 e. The Labute approximate surface area is 115 Å². The van der Waals surface area contributed by atoms with Gasteiger partial charge in [-0.1, -0.05) is 13.3 Å². The van der Waals surface area contributed by atoms with Crippen molar-refractivity contribution >= 4 is 11.9 Å². The van der Waals surface area contributed by atoms with E-state index in [1.165, 1.54) is 7.11 Å². The molecule has 0 saturated carbocycles. The molecule has 0 aliphatic carbocycles. The molecule has 1 fully saturated rings. The molecule has 0 aromatic heterocycles. The van der Waals surface area contributed by atoms with Crippen molar-refractivity contribution in [1.82, 2.24) is 10.2 Å². The Morgan fingerprint density at radius 3 is 2.63 bits per heavy atom. The average Bonchev–Trinajstić information content (AvgIpc) is 2.37. The predicted molar refractivity (Wildman–Crippen MR) is 73.7 cm³/mol. The second kappa shape index (κ2) is 6.89. The minimum Gasteiger partial charge on any atom is -0.468 e. The number of rotatable bonds is 5. The van der Waals surface area contributed by atoms with Crippen molar-refractivity contribution in [2.24, 2.45) is 0 Å². The number of esters is 1. The first-order chi connectivity index (χ1) is 8.89. The maximum absolute atomic E-state index is 12.0. The molecule has 0 spiro atoms. The number of likely N-dealkylation sites (tertiary alicyclic amines) is 1. The van der Waals surface area contributed by atoms with Crippen LogP contribution in [0.1, 0.15) is 46.5 Å². The molecule has 0 unspecified atom stereocenters. The van der Waals surface area contributed by atoms with E-state index in [9.17, 15) is 9.59 Å². The van der Waals surface area contributed by atoms with E-state index < -0.39 is 0 Å². The van der Waals surface area contributed by atoms with Crippen LogP contribution in [0.25, 0.3) is 0 Å². The standard InChI is InChI=1S/C14H26N2O3/c1-5-14(2,3)15-12(17)10-16-9-7-6-8-11(16)13(18)19-4/h11H,5-10H2,1-4H3,(H,15,17)/t11-/m1/s1. The Kier molecular flexibility index (Phi) is 5.79. The minimum atomic E-state index is -0.269. The van der Waals surface area contributed by atoms with Crippen molar-refractivity contribution in [3.05, 3.63) is 0 Å². The molecule has 0 bridgehead atoms. The molecule has 1 aliphatic rings. The van der Waals surface area contributed by atoms with E-state index in [-0.39, 0.29) is 30.0 Å². The summed E-state index contributed by atoms with van der Waals surface area (Å²) in [6.07, 6.45) is 3.69. The van der Waals surface area contributed by atoms with Gasteiger partial charge in [0.1, 0.15) is 6.04 Å². The number of piperidine rings is 1. The molecule has 1 rings (SSSR count). The number of ether oxygens (including phenoxy) is 1. The van der Waals surface area contributed by atoms with Gasteiger partial charge in [0.2, 0.25) is 5.91 Å². The summed E-state index contributed by atoms with van der Waals surface area (Å²) in [4.78, 5) is 25.7. The first kappa shape index (κ1) is 16.0. The Bertz CT molecular complexity index is 329. The molecule has 0 aromatic rings. The van der Waals surface area contributed by atoms with Gasteiger partial charge < -0.3 is 10.1 Å². The van der Waals surface area contributed by atoms with Gasteiger partial charge in [0.15, 0.2) is 0 Å². The number of nitrogens with one attached hydrogen (secondary N) is 1. The molecule has 0 radical (unpaired) electrons. The van der Waals surface area contributed by atoms with Crippen LogP contribution in [-0.4, -0.2) is 48.6 Å². The molecular formula is C14H26N2O3. The van der Waals surface area contributed by atoms with Gasteiger partial charge in [-0.2, -0.15) is 0 Å². The summed E-state index contributed by atoms with van der Waals surface area (Å²) >= 11 is 0. The minimum absolute atomic E-state index is 0.0253. The highest BCUT2D eigenvalue weighted by molar-refractivity contribution is 5.81. The highest BCUT2D eigenvalue weighted by Crippen LogP contribution is 2.18. The Morgan fingerprint density at radius 2 is 2.05 bits per heavy atom. The molecule has 5 nitrogen and oxygen atoms in total. The molecular weight excluding hydrogens is 244 g/mol. The van der Waals surface area contributed by atoms with Crippen LogP contribution in [0.3, 0.4) is 0 Å². The molecule has 1 N–H and O–H groups in total. The topological polar surface area (TPSA) is 58.6 Å². The molecule has 1 aliphatic heterocycles. The predicted octanol–water partition coefficient (Wildman–Crippen LogP) is 1.32. The van der Waals surface area contributed by atoms with Crippen LogP contribution in [0.5, 0.6) is 0 Å². The number of methoxy groups -OCH3 is 1. The highest BCUT2D eigenvalue weighted by atomic mass is 16.5. The van der Waals surface area contributed by atoms with Crippen LogP contribution in [0, 0.1) is 0 Å². The molecule has 1 heterocycles. The SMILES string of the molecule is CCC(C)(C)NC(=O)CN1CCCC[C@@H]1C(=O)OC. The normalized spacial score (nSPS) is 20.9. The van der Waals surface area contributed by atoms with Crippen LogP contribution in [-0.2, 0) is 14.3 Å². The van der Waals surface area contributed by atoms with E-state index in [4.69, 9.17) is 4.74 Å². The zero-order chi connectivity index (χ0) is 14.5. The van der Waals surface area contributed by atoms with Gasteiger partial charge in [-0.05, 0) is 39.7 Å². The number of carbonyl (C=O) groups is 2. The molecule has 19 heavy (non-hydrogen) atoms. The Balaban J connectivity index is 2.57. The molecule has 5 heteroatoms. The van der Waals surface area contributed by atoms with Gasteiger partial charge in [0, 0.05) is 5.54 Å². The van der Waals surface area contributed by atoms with Gasteiger partial charge in [-0.25, -0.2) is 0 Å². The quantitative estimate of drug-likeness (QED) is 0.765. The summed E-state index contributed by atoms with van der Waals surface area (Å²) in [5.74, 6) is -0.259. The van der Waals surface area contributed by atoms with Crippen molar-refractivity contribution in [2.45, 2.75) is 58.0 Å². The van der Waals surface area contributed by atoms with Crippen LogP contribution in [0.4, 0.5) is 0 Å². The smallest absolute Gasteiger partial charge is 0.323 e. The van der Waals surface area contributed by atoms with Gasteiger partial charge in [0.05, 0.1) is 13.7 Å². The Hall–Kier alpha value is -1.10. The summed E-state index contributed by atoms with van der Waals surface area (Å²) in [5.41, 5.74) is -0.201. The Morgan fingerprint density at radius 1 is 1.37 bits per heavy atom. The average molecular weight is 270 g/mol. The van der Waals surface area contributed by atoms with E-state index in [0.717, 1.165) is 32.2 Å². The third kappa shape index (κ3) is 4.82. The van der Waals surface area contributed by atoms with E-state index in [2.05, 4.69) is 5.32 Å². The third-order valence-electron chi connectivity index (χ3n) is 3.80. The summed E-state index contributed by atoms with van der Waals surface area (Å²) < 4.78 is 4.81. The van der Waals surface area contributed by atoms with Crippen LogP contribution in [0.2, 0.25) is 0 Å². The fraction of sp³-hybridized carbons (Fsp3) is 0.857. The van der Waals surface area contributed by atoms with Crippen molar-refractivity contribution in [3.63, 3.8) is 0 Å². The van der Waals surface area contributed by atoms with E-state index in [1.54, 1.807) is 0 Å². The lowest BCUT2D eigenvalue weighted by Crippen LogP contribution is -2.52. The first-order valence-corrected chi connectivity index (χ1v) is 7.02. The lowest BCUT2D eigenvalue weighted by Gasteiger charge is -2.34. The first-order valence-electron chi connectivity index (χ1n) is 7.02. The van der Waals surface area contributed by atoms with Crippen molar-refractivity contribution in [1.29, 1.82) is 0 Å². The van der Waals surface area contributed by atoms with Crippen LogP contribution >= 0.6 is 0 Å². The third-order valence-corrected chi connectivity index (χ3v) is 3.80. The van der Waals surface area contributed by atoms with E-state index in [1.807, 2.05) is 25.7 Å². The van der Waals surface area contributed by atoms with Gasteiger partial charge in [-0.3, -0.25) is 14.5 Å². The van der Waals surface area contributed by atoms with Crippen molar-refractivity contribution in [2.75, 3.05) is 20.2 Å². The lowest BCUT2D eigenvalue weighted by atomic mass is 10.0. The molecule has 1 saturated heterocycles. The summed E-state index contributed by atoms with van der Waals surface area (Å²) in [6, 6.07) is -0.269. The number of hydrogen-bond acceptors (Lipinski definition) is 4. The fourth-order valence-corrected chi connectivity index (χ4v) is 2.27. The summed E-state index contributed by atoms with van der Waals surface area (Å²) in [5, 5.41) is 3.00. The largest absolute Gasteiger partial charge is 0.468 e. The second-order valence-electron chi connectivity index (χ2n) is 5.79. The van der Waals surface area contributed by atoms with E-state index >= 15 is 0 Å². The summed E-state index contributed by atoms with van der Waals surface area (Å²) in [6.45, 7) is 7.08. The van der Waals surface area contributed by atoms with Crippen molar-refractivity contribution < 1.29 is 14.3 Å². The molecule has 0 aromatic carbocycles. The molecule has 1 atom stereocenters. The van der Waals surface area contributed by atoms with Crippen molar-refractivity contribution in [3.8, 4) is 0 Å². The zero-order valence-electron chi connectivity index (χ0n) is 12.5. The monoisotopic (exact) mass is 270 g/mol. The van der Waals surface area contributed by atoms with Crippen LogP contribution < -0.4 is 5.32 Å². The zero-order valence-corrected chi connectivity index (χ0v) is 12.5. The number of amides is 1. The fourth-order valence-electron chi connectivity index (χ4n) is 2.27.